The maximum atomic E-state index is 12.6. The molecular formula is C21H16Br2ClN5O2. The van der Waals surface area contributed by atoms with Gasteiger partial charge in [0.1, 0.15) is 5.75 Å². The van der Waals surface area contributed by atoms with Crippen LogP contribution in [0.1, 0.15) is 16.1 Å². The molecule has 0 radical (unpaired) electrons. The Hall–Kier alpha value is -2.62. The van der Waals surface area contributed by atoms with Crippen LogP contribution >= 0.6 is 43.5 Å². The SMILES string of the molecule is O=C(Nc1nn(Cc2ccc(Cl)cc2)cc1Br)c1ccn(COc2ccc(Br)cc2)n1. The molecule has 2 aromatic heterocycles. The summed E-state index contributed by atoms with van der Waals surface area (Å²) in [6.45, 7) is 0.738. The van der Waals surface area contributed by atoms with Crippen molar-refractivity contribution in [2.75, 3.05) is 5.32 Å². The second kappa shape index (κ2) is 9.67. The van der Waals surface area contributed by atoms with Crippen LogP contribution in [-0.4, -0.2) is 25.5 Å². The van der Waals surface area contributed by atoms with E-state index in [1.807, 2.05) is 48.5 Å². The number of hydrogen-bond acceptors (Lipinski definition) is 4. The molecule has 1 N–H and O–H groups in total. The Labute approximate surface area is 200 Å². The molecule has 0 unspecified atom stereocenters. The van der Waals surface area contributed by atoms with E-state index in [1.54, 1.807) is 27.8 Å². The molecule has 2 aromatic carbocycles. The molecule has 0 aliphatic carbocycles. The van der Waals surface area contributed by atoms with E-state index in [0.29, 0.717) is 27.6 Å². The molecule has 0 fully saturated rings. The predicted octanol–water partition coefficient (Wildman–Crippen LogP) is 5.60. The minimum Gasteiger partial charge on any atom is -0.471 e. The molecule has 4 rings (SSSR count). The van der Waals surface area contributed by atoms with Gasteiger partial charge < -0.3 is 10.1 Å². The quantitative estimate of drug-likeness (QED) is 0.317. The number of carbonyl (C=O) groups is 1. The van der Waals surface area contributed by atoms with Crippen LogP contribution in [0.5, 0.6) is 5.75 Å². The van der Waals surface area contributed by atoms with E-state index >= 15 is 0 Å². The standard InChI is InChI=1S/C21H16Br2ClN5O2/c22-15-3-7-17(8-4-15)31-13-28-10-9-19(26-28)21(30)25-20-18(23)12-29(27-20)11-14-1-5-16(24)6-2-14/h1-10,12H,11,13H2,(H,25,27,30). The zero-order valence-corrected chi connectivity index (χ0v) is 19.9. The zero-order valence-electron chi connectivity index (χ0n) is 16.0. The Morgan fingerprint density at radius 2 is 1.74 bits per heavy atom. The van der Waals surface area contributed by atoms with Crippen LogP contribution in [0.3, 0.4) is 0 Å². The molecule has 1 amide bonds. The summed E-state index contributed by atoms with van der Waals surface area (Å²) >= 11 is 12.7. The minimum atomic E-state index is -0.361. The van der Waals surface area contributed by atoms with E-state index in [2.05, 4.69) is 47.4 Å². The Kier molecular flexibility index (Phi) is 6.74. The molecule has 0 aliphatic heterocycles. The molecule has 0 spiro atoms. The Morgan fingerprint density at radius 3 is 2.48 bits per heavy atom. The number of nitrogens with zero attached hydrogens (tertiary/aromatic N) is 4. The highest BCUT2D eigenvalue weighted by molar-refractivity contribution is 9.10. The summed E-state index contributed by atoms with van der Waals surface area (Å²) in [5.41, 5.74) is 1.31. The summed E-state index contributed by atoms with van der Waals surface area (Å²) in [5.74, 6) is 0.763. The lowest BCUT2D eigenvalue weighted by Crippen LogP contribution is -2.15. The molecule has 7 nitrogen and oxygen atoms in total. The van der Waals surface area contributed by atoms with Gasteiger partial charge in [0.25, 0.3) is 5.91 Å². The fourth-order valence-corrected chi connectivity index (χ4v) is 3.54. The van der Waals surface area contributed by atoms with Crippen molar-refractivity contribution in [2.24, 2.45) is 0 Å². The van der Waals surface area contributed by atoms with Crippen LogP contribution < -0.4 is 10.1 Å². The number of carbonyl (C=O) groups excluding carboxylic acids is 1. The van der Waals surface area contributed by atoms with Gasteiger partial charge in [-0.15, -0.1) is 0 Å². The summed E-state index contributed by atoms with van der Waals surface area (Å²) in [4.78, 5) is 12.6. The minimum absolute atomic E-state index is 0.189. The number of amides is 1. The van der Waals surface area contributed by atoms with Gasteiger partial charge in [0.15, 0.2) is 18.2 Å². The van der Waals surface area contributed by atoms with Gasteiger partial charge in [0, 0.05) is 21.9 Å². The predicted molar refractivity (Wildman–Crippen MR) is 125 cm³/mol. The summed E-state index contributed by atoms with van der Waals surface area (Å²) in [6.07, 6.45) is 3.48. The molecule has 0 aliphatic rings. The van der Waals surface area contributed by atoms with Crippen molar-refractivity contribution in [3.8, 4) is 5.75 Å². The molecular weight excluding hydrogens is 550 g/mol. The van der Waals surface area contributed by atoms with Crippen LogP contribution in [-0.2, 0) is 13.3 Å². The Morgan fingerprint density at radius 1 is 1.00 bits per heavy atom. The first-order chi connectivity index (χ1) is 15.0. The van der Waals surface area contributed by atoms with Gasteiger partial charge in [0.05, 0.1) is 11.0 Å². The van der Waals surface area contributed by atoms with Gasteiger partial charge >= 0.3 is 0 Å². The van der Waals surface area contributed by atoms with Crippen molar-refractivity contribution in [2.45, 2.75) is 13.3 Å². The van der Waals surface area contributed by atoms with Gasteiger partial charge in [-0.3, -0.25) is 9.48 Å². The highest BCUT2D eigenvalue weighted by Crippen LogP contribution is 2.22. The Balaban J connectivity index is 1.36. The van der Waals surface area contributed by atoms with Gasteiger partial charge in [-0.1, -0.05) is 39.7 Å². The normalized spacial score (nSPS) is 10.8. The van der Waals surface area contributed by atoms with Crippen LogP contribution in [0.25, 0.3) is 0 Å². The third kappa shape index (κ3) is 5.75. The summed E-state index contributed by atoms with van der Waals surface area (Å²) in [6, 6.07) is 16.6. The number of anilines is 1. The van der Waals surface area contributed by atoms with Crippen molar-refractivity contribution >= 4 is 55.2 Å². The maximum absolute atomic E-state index is 12.6. The molecule has 10 heteroatoms. The number of hydrogen-bond donors (Lipinski definition) is 1. The molecule has 2 heterocycles. The monoisotopic (exact) mass is 563 g/mol. The number of aromatic nitrogens is 4. The second-order valence-corrected chi connectivity index (χ2v) is 8.78. The molecule has 0 atom stereocenters. The van der Waals surface area contributed by atoms with Gasteiger partial charge in [-0.25, -0.2) is 4.68 Å². The first kappa shape index (κ1) is 21.6. The summed E-state index contributed by atoms with van der Waals surface area (Å²) < 4.78 is 10.6. The van der Waals surface area contributed by atoms with E-state index in [9.17, 15) is 4.79 Å². The van der Waals surface area contributed by atoms with Gasteiger partial charge in [0.2, 0.25) is 0 Å². The van der Waals surface area contributed by atoms with E-state index in [4.69, 9.17) is 16.3 Å². The zero-order chi connectivity index (χ0) is 21.8. The second-order valence-electron chi connectivity index (χ2n) is 6.57. The van der Waals surface area contributed by atoms with Crippen LogP contribution in [0.2, 0.25) is 5.02 Å². The van der Waals surface area contributed by atoms with Gasteiger partial charge in [-0.05, 0) is 64.0 Å². The molecule has 0 saturated heterocycles. The maximum Gasteiger partial charge on any atom is 0.277 e. The number of halogens is 3. The Bertz CT molecular complexity index is 1190. The lowest BCUT2D eigenvalue weighted by molar-refractivity contribution is 0.101. The van der Waals surface area contributed by atoms with Crippen LogP contribution in [0, 0.1) is 0 Å². The van der Waals surface area contributed by atoms with Crippen molar-refractivity contribution < 1.29 is 9.53 Å². The first-order valence-corrected chi connectivity index (χ1v) is 11.1. The lowest BCUT2D eigenvalue weighted by Gasteiger charge is -2.06. The van der Waals surface area contributed by atoms with Crippen molar-refractivity contribution in [1.82, 2.24) is 19.6 Å². The highest BCUT2D eigenvalue weighted by Gasteiger charge is 2.15. The van der Waals surface area contributed by atoms with Crippen LogP contribution in [0.15, 0.2) is 75.9 Å². The third-order valence-corrected chi connectivity index (χ3v) is 5.62. The van der Waals surface area contributed by atoms with Crippen molar-refractivity contribution in [3.63, 3.8) is 0 Å². The van der Waals surface area contributed by atoms with E-state index < -0.39 is 0 Å². The average Bonchev–Trinajstić information content (AvgIpc) is 3.36. The number of ether oxygens (including phenoxy) is 1. The number of nitrogens with one attached hydrogen (secondary N) is 1. The smallest absolute Gasteiger partial charge is 0.277 e. The summed E-state index contributed by atoms with van der Waals surface area (Å²) in [5, 5.41) is 12.1. The molecule has 0 bridgehead atoms. The number of benzene rings is 2. The molecule has 158 valence electrons. The van der Waals surface area contributed by atoms with Gasteiger partial charge in [-0.2, -0.15) is 10.2 Å². The fourth-order valence-electron chi connectivity index (χ4n) is 2.74. The fraction of sp³-hybridized carbons (Fsp3) is 0.0952. The van der Waals surface area contributed by atoms with E-state index in [-0.39, 0.29) is 18.3 Å². The average molecular weight is 566 g/mol. The van der Waals surface area contributed by atoms with E-state index in [1.165, 1.54) is 0 Å². The van der Waals surface area contributed by atoms with Crippen molar-refractivity contribution in [1.29, 1.82) is 0 Å². The van der Waals surface area contributed by atoms with E-state index in [0.717, 1.165) is 10.0 Å². The molecule has 4 aromatic rings. The molecule has 31 heavy (non-hydrogen) atoms. The largest absolute Gasteiger partial charge is 0.471 e. The number of rotatable bonds is 7. The van der Waals surface area contributed by atoms with Crippen LogP contribution in [0.4, 0.5) is 5.82 Å². The molecule has 0 saturated carbocycles. The summed E-state index contributed by atoms with van der Waals surface area (Å²) in [7, 11) is 0. The highest BCUT2D eigenvalue weighted by atomic mass is 79.9. The topological polar surface area (TPSA) is 74.0 Å². The lowest BCUT2D eigenvalue weighted by atomic mass is 10.2. The third-order valence-electron chi connectivity index (χ3n) is 4.26. The van der Waals surface area contributed by atoms with Crippen molar-refractivity contribution in [3.05, 3.63) is 92.2 Å². The first-order valence-electron chi connectivity index (χ1n) is 9.17.